The number of rotatable bonds is 12. The van der Waals surface area contributed by atoms with Crippen LogP contribution in [0.3, 0.4) is 0 Å². The molecule has 2 aromatic carbocycles. The molecule has 0 amide bonds. The summed E-state index contributed by atoms with van der Waals surface area (Å²) in [7, 11) is 20.1. The number of hydrogen-bond donors (Lipinski definition) is 0. The predicted molar refractivity (Wildman–Crippen MR) is 174 cm³/mol. The molecule has 2 aromatic rings. The van der Waals surface area contributed by atoms with Gasteiger partial charge in [0, 0.05) is 0 Å². The Balaban J connectivity index is 0.000000976. The fourth-order valence-electron chi connectivity index (χ4n) is 5.43. The summed E-state index contributed by atoms with van der Waals surface area (Å²) >= 11 is -3.29. The zero-order chi connectivity index (χ0) is 28.8. The van der Waals surface area contributed by atoms with Crippen LogP contribution in [0.5, 0.6) is 0 Å². The second-order valence-electron chi connectivity index (χ2n) is 10.3. The van der Waals surface area contributed by atoms with Gasteiger partial charge >= 0.3 is 49.5 Å². The van der Waals surface area contributed by atoms with E-state index < -0.39 is 15.5 Å². The van der Waals surface area contributed by atoms with Gasteiger partial charge < -0.3 is 0 Å². The SMILES string of the molecule is CCc1cccc(CC)c1N=C(C)C(CCCCC1CCCC1)=Nc1c(CC)cccc1CC.[Cl][Zr]([Cl])([Cl])[Cl]. The third-order valence-corrected chi connectivity index (χ3v) is 7.62. The molecule has 0 saturated heterocycles. The molecule has 0 aliphatic heterocycles. The van der Waals surface area contributed by atoms with Crippen molar-refractivity contribution in [1.82, 2.24) is 0 Å². The summed E-state index contributed by atoms with van der Waals surface area (Å²) < 4.78 is 0. The van der Waals surface area contributed by atoms with Crippen LogP contribution in [0.2, 0.25) is 0 Å². The van der Waals surface area contributed by atoms with Gasteiger partial charge in [0.25, 0.3) is 0 Å². The molecule has 2 nitrogen and oxygen atoms in total. The Labute approximate surface area is 256 Å². The number of aryl methyl sites for hydroxylation is 4. The Bertz CT molecular complexity index is 1040. The molecule has 1 saturated carbocycles. The Morgan fingerprint density at radius 1 is 0.718 bits per heavy atom. The molecule has 0 atom stereocenters. The van der Waals surface area contributed by atoms with E-state index in [9.17, 15) is 0 Å². The van der Waals surface area contributed by atoms with Crippen LogP contribution in [-0.2, 0) is 41.2 Å². The average molecular weight is 692 g/mol. The summed E-state index contributed by atoms with van der Waals surface area (Å²) in [5.41, 5.74) is 9.98. The van der Waals surface area contributed by atoms with Gasteiger partial charge in [-0.15, -0.1) is 0 Å². The van der Waals surface area contributed by atoms with Crippen molar-refractivity contribution in [3.8, 4) is 0 Å². The Morgan fingerprint density at radius 2 is 1.13 bits per heavy atom. The van der Waals surface area contributed by atoms with Crippen LogP contribution in [0.25, 0.3) is 0 Å². The van der Waals surface area contributed by atoms with Crippen molar-refractivity contribution in [3.63, 3.8) is 0 Å². The van der Waals surface area contributed by atoms with Crippen molar-refractivity contribution >= 4 is 56.8 Å². The van der Waals surface area contributed by atoms with Crippen LogP contribution in [0.4, 0.5) is 11.4 Å². The molecule has 216 valence electrons. The summed E-state index contributed by atoms with van der Waals surface area (Å²) in [5.74, 6) is 0.964. The number of aliphatic imine (C=N–C) groups is 2. The number of unbranched alkanes of at least 4 members (excludes halogenated alkanes) is 1. The Morgan fingerprint density at radius 3 is 1.54 bits per heavy atom. The van der Waals surface area contributed by atoms with Gasteiger partial charge in [-0.3, -0.25) is 9.98 Å². The minimum atomic E-state index is -3.29. The van der Waals surface area contributed by atoms with Gasteiger partial charge in [0.05, 0.1) is 22.8 Å². The van der Waals surface area contributed by atoms with Crippen molar-refractivity contribution in [3.05, 3.63) is 58.7 Å². The molecule has 0 aromatic heterocycles. The molecule has 1 aliphatic carbocycles. The summed E-state index contributed by atoms with van der Waals surface area (Å²) in [6, 6.07) is 13.3. The number of hydrogen-bond acceptors (Lipinski definition) is 2. The molecule has 7 heteroatoms. The average Bonchev–Trinajstić information content (AvgIpc) is 3.43. The molecule has 39 heavy (non-hydrogen) atoms. The van der Waals surface area contributed by atoms with E-state index in [-0.39, 0.29) is 0 Å². The first-order valence-electron chi connectivity index (χ1n) is 14.7. The van der Waals surface area contributed by atoms with Gasteiger partial charge in [-0.1, -0.05) is 103 Å². The Kier molecular flexibility index (Phi) is 16.5. The zero-order valence-electron chi connectivity index (χ0n) is 24.4. The van der Waals surface area contributed by atoms with Gasteiger partial charge in [0.1, 0.15) is 0 Å². The van der Waals surface area contributed by atoms with Crippen LogP contribution in [0.1, 0.15) is 108 Å². The normalized spacial score (nSPS) is 14.9. The standard InChI is InChI=1S/C32H46N2.4ClH.Zr/c1-6-26-19-14-20-27(7-2)31(26)33-24(5)30(23-13-12-18-25-16-10-11-17-25)34-32-28(8-3)21-15-22-29(32)9-4;;;;;/h14-15,19-22,25H,6-13,16-18,23H2,1-5H3;4*1H;/q;;;;;+4/p-4. The second-order valence-corrected chi connectivity index (χ2v) is 32.7. The van der Waals surface area contributed by atoms with Crippen molar-refractivity contribution in [2.45, 2.75) is 112 Å². The first-order valence-corrected chi connectivity index (χ1v) is 27.4. The number of benzene rings is 2. The number of nitrogens with zero attached hydrogens (tertiary/aromatic N) is 2. The van der Waals surface area contributed by atoms with E-state index >= 15 is 0 Å². The van der Waals surface area contributed by atoms with Crippen LogP contribution in [0.15, 0.2) is 46.4 Å². The molecule has 3 rings (SSSR count). The molecule has 0 radical (unpaired) electrons. The van der Waals surface area contributed by atoms with Gasteiger partial charge in [0.2, 0.25) is 0 Å². The van der Waals surface area contributed by atoms with Crippen LogP contribution in [0, 0.1) is 5.92 Å². The van der Waals surface area contributed by atoms with Crippen molar-refractivity contribution in [2.75, 3.05) is 0 Å². The first kappa shape index (κ1) is 35.0. The van der Waals surface area contributed by atoms with Gasteiger partial charge in [-0.05, 0) is 73.6 Å². The summed E-state index contributed by atoms with van der Waals surface area (Å²) in [5, 5.41) is 0. The van der Waals surface area contributed by atoms with E-state index in [2.05, 4.69) is 71.0 Å². The van der Waals surface area contributed by atoms with E-state index in [0.717, 1.165) is 43.7 Å². The molecule has 0 bridgehead atoms. The number of halogens is 4. The van der Waals surface area contributed by atoms with Crippen LogP contribution < -0.4 is 0 Å². The van der Waals surface area contributed by atoms with Crippen molar-refractivity contribution in [2.24, 2.45) is 15.9 Å². The summed E-state index contributed by atoms with van der Waals surface area (Å²) in [6.45, 7) is 11.1. The maximum absolute atomic E-state index is 5.36. The van der Waals surface area contributed by atoms with Gasteiger partial charge in [-0.2, -0.15) is 0 Å². The predicted octanol–water partition coefficient (Wildman–Crippen LogP) is 12.3. The Hall–Kier alpha value is -0.177. The first-order chi connectivity index (χ1) is 18.6. The summed E-state index contributed by atoms with van der Waals surface area (Å²) in [4.78, 5) is 10.6. The molecule has 0 N–H and O–H groups in total. The van der Waals surface area contributed by atoms with Crippen LogP contribution >= 0.6 is 34.1 Å². The van der Waals surface area contributed by atoms with E-state index in [1.807, 2.05) is 0 Å². The fourth-order valence-corrected chi connectivity index (χ4v) is 5.43. The van der Waals surface area contributed by atoms with E-state index in [1.54, 1.807) is 0 Å². The van der Waals surface area contributed by atoms with Crippen molar-refractivity contribution < 1.29 is 15.5 Å². The van der Waals surface area contributed by atoms with E-state index in [1.165, 1.54) is 84.3 Å². The molecular formula is C32H46Cl4N2Zr. The maximum atomic E-state index is 5.36. The van der Waals surface area contributed by atoms with Gasteiger partial charge in [-0.25, -0.2) is 0 Å². The summed E-state index contributed by atoms with van der Waals surface area (Å²) in [6.07, 6.45) is 14.7. The second kappa shape index (κ2) is 18.4. The number of para-hydroxylation sites is 2. The quantitative estimate of drug-likeness (QED) is 0.156. The van der Waals surface area contributed by atoms with Gasteiger partial charge in [0.15, 0.2) is 0 Å². The van der Waals surface area contributed by atoms with E-state index in [4.69, 9.17) is 44.0 Å². The monoisotopic (exact) mass is 688 g/mol. The third kappa shape index (κ3) is 12.7. The molecule has 0 unspecified atom stereocenters. The molecule has 0 spiro atoms. The van der Waals surface area contributed by atoms with Crippen molar-refractivity contribution in [1.29, 1.82) is 0 Å². The topological polar surface area (TPSA) is 24.7 Å². The molecule has 1 aliphatic rings. The zero-order valence-corrected chi connectivity index (χ0v) is 29.9. The molecular weight excluding hydrogens is 645 g/mol. The van der Waals surface area contributed by atoms with E-state index in [0.29, 0.717) is 0 Å². The minimum absolute atomic E-state index is 0.964. The van der Waals surface area contributed by atoms with Crippen LogP contribution in [-0.4, -0.2) is 11.4 Å². The molecule has 1 fully saturated rings. The fraction of sp³-hybridized carbons (Fsp3) is 0.562. The molecule has 0 heterocycles. The third-order valence-electron chi connectivity index (χ3n) is 7.62.